The highest BCUT2D eigenvalue weighted by Gasteiger charge is 2.07. The van der Waals surface area contributed by atoms with Crippen LogP contribution >= 0.6 is 0 Å². The van der Waals surface area contributed by atoms with Crippen LogP contribution in [0.15, 0.2) is 30.5 Å². The molecule has 88 valence electrons. The van der Waals surface area contributed by atoms with Crippen molar-refractivity contribution in [1.82, 2.24) is 9.97 Å². The number of imidazole rings is 1. The number of rotatable bonds is 4. The molecule has 2 rings (SSSR count). The Balaban J connectivity index is 1.97. The summed E-state index contributed by atoms with van der Waals surface area (Å²) in [7, 11) is 0. The molecule has 6 heteroatoms. The van der Waals surface area contributed by atoms with Gasteiger partial charge in [0.15, 0.2) is 0 Å². The summed E-state index contributed by atoms with van der Waals surface area (Å²) in [5.74, 6) is 0.0865. The molecule has 0 radical (unpaired) electrons. The number of hydrogen-bond acceptors (Lipinski definition) is 4. The Morgan fingerprint density at radius 2 is 2.06 bits per heavy atom. The van der Waals surface area contributed by atoms with E-state index < -0.39 is 5.97 Å². The maximum Gasteiger partial charge on any atom is 0.353 e. The van der Waals surface area contributed by atoms with Crippen molar-refractivity contribution in [3.05, 3.63) is 42.0 Å². The van der Waals surface area contributed by atoms with E-state index >= 15 is 0 Å². The number of phenolic OH excluding ortho intramolecular Hbond substituents is 1. The van der Waals surface area contributed by atoms with Gasteiger partial charge in [-0.25, -0.2) is 9.78 Å². The monoisotopic (exact) mass is 234 g/mol. The number of aromatic amines is 1. The molecule has 0 atom stereocenters. The van der Waals surface area contributed by atoms with E-state index in [1.165, 1.54) is 18.3 Å². The minimum atomic E-state index is -1.06. The number of carboxylic acids is 1. The first-order chi connectivity index (χ1) is 8.15. The Kier molecular flexibility index (Phi) is 2.95. The highest BCUT2D eigenvalue weighted by Crippen LogP contribution is 2.16. The van der Waals surface area contributed by atoms with Crippen LogP contribution in [0.3, 0.4) is 0 Å². The van der Waals surface area contributed by atoms with Gasteiger partial charge in [0, 0.05) is 0 Å². The van der Waals surface area contributed by atoms with Crippen molar-refractivity contribution in [2.45, 2.75) is 6.61 Å². The van der Waals surface area contributed by atoms with Gasteiger partial charge in [0.05, 0.1) is 6.20 Å². The average Bonchev–Trinajstić information content (AvgIpc) is 2.77. The van der Waals surface area contributed by atoms with Crippen molar-refractivity contribution in [1.29, 1.82) is 0 Å². The van der Waals surface area contributed by atoms with Crippen molar-refractivity contribution < 1.29 is 19.7 Å². The lowest BCUT2D eigenvalue weighted by Crippen LogP contribution is -1.99. The van der Waals surface area contributed by atoms with Crippen molar-refractivity contribution in [3.8, 4) is 11.5 Å². The molecule has 3 N–H and O–H groups in total. The second kappa shape index (κ2) is 4.56. The standard InChI is InChI=1S/C11H10N2O4/c14-7-1-3-8(4-2-7)17-6-10-12-5-9(13-10)11(15)16/h1-5,14H,6H2,(H,12,13)(H,15,16). The summed E-state index contributed by atoms with van der Waals surface area (Å²) in [6.45, 7) is 0.137. The normalized spacial score (nSPS) is 10.1. The van der Waals surface area contributed by atoms with Crippen LogP contribution in [0.1, 0.15) is 16.3 Å². The van der Waals surface area contributed by atoms with Crippen molar-refractivity contribution >= 4 is 5.97 Å². The molecule has 2 aromatic rings. The van der Waals surface area contributed by atoms with Crippen molar-refractivity contribution in [2.75, 3.05) is 0 Å². The summed E-state index contributed by atoms with van der Waals surface area (Å²) in [6, 6.07) is 6.22. The molecule has 17 heavy (non-hydrogen) atoms. The molecule has 6 nitrogen and oxygen atoms in total. The van der Waals surface area contributed by atoms with Crippen molar-refractivity contribution in [3.63, 3.8) is 0 Å². The van der Waals surface area contributed by atoms with Crippen LogP contribution in [-0.2, 0) is 6.61 Å². The Labute approximate surface area is 96.5 Å². The number of phenols is 1. The van der Waals surface area contributed by atoms with E-state index in [0.29, 0.717) is 11.6 Å². The van der Waals surface area contributed by atoms with E-state index in [1.54, 1.807) is 12.1 Å². The Morgan fingerprint density at radius 3 is 2.65 bits per heavy atom. The lowest BCUT2D eigenvalue weighted by Gasteiger charge is -2.03. The number of ether oxygens (including phenoxy) is 1. The summed E-state index contributed by atoms with van der Waals surface area (Å²) >= 11 is 0. The molecule has 0 aliphatic heterocycles. The molecule has 0 saturated carbocycles. The summed E-state index contributed by atoms with van der Waals surface area (Å²) in [4.78, 5) is 17.1. The van der Waals surface area contributed by atoms with Crippen LogP contribution in [-0.4, -0.2) is 26.2 Å². The van der Waals surface area contributed by atoms with E-state index in [2.05, 4.69) is 9.97 Å². The number of nitrogens with zero attached hydrogens (tertiary/aromatic N) is 1. The summed E-state index contributed by atoms with van der Waals surface area (Å²) < 4.78 is 5.34. The van der Waals surface area contributed by atoms with Crippen LogP contribution in [0.2, 0.25) is 0 Å². The zero-order chi connectivity index (χ0) is 12.3. The van der Waals surface area contributed by atoms with Gasteiger partial charge in [-0.2, -0.15) is 0 Å². The molecule has 0 amide bonds. The topological polar surface area (TPSA) is 95.4 Å². The molecule has 1 aromatic carbocycles. The molecule has 0 unspecified atom stereocenters. The van der Waals surface area contributed by atoms with Gasteiger partial charge < -0.3 is 19.9 Å². The number of aromatic carboxylic acids is 1. The predicted molar refractivity (Wildman–Crippen MR) is 58.0 cm³/mol. The van der Waals surface area contributed by atoms with Gasteiger partial charge in [-0.05, 0) is 24.3 Å². The van der Waals surface area contributed by atoms with Gasteiger partial charge in [0.2, 0.25) is 0 Å². The fraction of sp³-hybridized carbons (Fsp3) is 0.0909. The second-order valence-electron chi connectivity index (χ2n) is 3.33. The molecule has 0 fully saturated rings. The molecule has 0 aliphatic rings. The predicted octanol–water partition coefficient (Wildman–Crippen LogP) is 1.39. The Morgan fingerprint density at radius 1 is 1.35 bits per heavy atom. The van der Waals surface area contributed by atoms with Crippen LogP contribution < -0.4 is 4.74 Å². The Bertz CT molecular complexity index is 519. The van der Waals surface area contributed by atoms with Crippen LogP contribution in [0.5, 0.6) is 11.5 Å². The molecule has 0 aliphatic carbocycles. The van der Waals surface area contributed by atoms with Gasteiger partial charge in [0.1, 0.15) is 29.6 Å². The second-order valence-corrected chi connectivity index (χ2v) is 3.33. The summed E-state index contributed by atoms with van der Waals surface area (Å²) in [5.41, 5.74) is 0.0225. The van der Waals surface area contributed by atoms with E-state index in [4.69, 9.17) is 14.9 Å². The number of carbonyl (C=O) groups is 1. The van der Waals surface area contributed by atoms with Crippen LogP contribution in [0.4, 0.5) is 0 Å². The largest absolute Gasteiger partial charge is 0.508 e. The van der Waals surface area contributed by atoms with Crippen molar-refractivity contribution in [2.24, 2.45) is 0 Å². The fourth-order valence-corrected chi connectivity index (χ4v) is 1.24. The van der Waals surface area contributed by atoms with Gasteiger partial charge in [-0.15, -0.1) is 0 Å². The third-order valence-electron chi connectivity index (χ3n) is 2.07. The Hall–Kier alpha value is -2.50. The number of benzene rings is 1. The quantitative estimate of drug-likeness (QED) is 0.743. The minimum Gasteiger partial charge on any atom is -0.508 e. The van der Waals surface area contributed by atoms with Gasteiger partial charge in [0.25, 0.3) is 0 Å². The SMILES string of the molecule is O=C(O)c1cnc(COc2ccc(O)cc2)[nH]1. The minimum absolute atomic E-state index is 0.0225. The van der Waals surface area contributed by atoms with Crippen LogP contribution in [0, 0.1) is 0 Å². The smallest absolute Gasteiger partial charge is 0.353 e. The zero-order valence-electron chi connectivity index (χ0n) is 8.75. The first-order valence-corrected chi connectivity index (χ1v) is 4.84. The number of aromatic nitrogens is 2. The molecule has 0 spiro atoms. The molecule has 0 bridgehead atoms. The molecule has 0 saturated heterocycles. The molecular weight excluding hydrogens is 224 g/mol. The fourth-order valence-electron chi connectivity index (χ4n) is 1.24. The van der Waals surface area contributed by atoms with E-state index in [0.717, 1.165) is 0 Å². The number of H-pyrrole nitrogens is 1. The molecule has 1 heterocycles. The lowest BCUT2D eigenvalue weighted by atomic mass is 10.3. The van der Waals surface area contributed by atoms with Gasteiger partial charge in [-0.1, -0.05) is 0 Å². The number of carboxylic acid groups (broad SMARTS) is 1. The first-order valence-electron chi connectivity index (χ1n) is 4.84. The third-order valence-corrected chi connectivity index (χ3v) is 2.07. The van der Waals surface area contributed by atoms with Gasteiger partial charge >= 0.3 is 5.97 Å². The molecular formula is C11H10N2O4. The maximum atomic E-state index is 10.6. The number of nitrogens with one attached hydrogen (secondary N) is 1. The third kappa shape index (κ3) is 2.75. The maximum absolute atomic E-state index is 10.6. The highest BCUT2D eigenvalue weighted by molar-refractivity contribution is 5.84. The number of hydrogen-bond donors (Lipinski definition) is 3. The zero-order valence-corrected chi connectivity index (χ0v) is 8.75. The van der Waals surface area contributed by atoms with Gasteiger partial charge in [-0.3, -0.25) is 0 Å². The van der Waals surface area contributed by atoms with E-state index in [9.17, 15) is 4.79 Å². The summed E-state index contributed by atoms with van der Waals surface area (Å²) in [6.07, 6.45) is 1.23. The lowest BCUT2D eigenvalue weighted by molar-refractivity contribution is 0.0691. The highest BCUT2D eigenvalue weighted by atomic mass is 16.5. The first kappa shape index (κ1) is 11.0. The summed E-state index contributed by atoms with van der Waals surface area (Å²) in [5, 5.41) is 17.7. The van der Waals surface area contributed by atoms with E-state index in [-0.39, 0.29) is 18.1 Å². The van der Waals surface area contributed by atoms with E-state index in [1.807, 2.05) is 0 Å². The number of aromatic hydroxyl groups is 1. The van der Waals surface area contributed by atoms with Crippen LogP contribution in [0.25, 0.3) is 0 Å². The average molecular weight is 234 g/mol. The molecule has 1 aromatic heterocycles.